The van der Waals surface area contributed by atoms with Gasteiger partial charge in [0.2, 0.25) is 5.91 Å². The number of carbonyl (C=O) groups is 2. The fourth-order valence-electron chi connectivity index (χ4n) is 5.22. The number of aryl methyl sites for hydroxylation is 2. The van der Waals surface area contributed by atoms with Crippen LogP contribution < -0.4 is 0 Å². The quantitative estimate of drug-likeness (QED) is 0.418. The summed E-state index contributed by atoms with van der Waals surface area (Å²) in [5.74, 6) is 1.37. The lowest BCUT2D eigenvalue weighted by Crippen LogP contribution is -2.53. The largest absolute Gasteiger partial charge is 0.338 e. The first-order valence-electron chi connectivity index (χ1n) is 13.0. The van der Waals surface area contributed by atoms with E-state index in [1.165, 1.54) is 36.8 Å². The zero-order chi connectivity index (χ0) is 23.8. The van der Waals surface area contributed by atoms with Gasteiger partial charge in [0.15, 0.2) is 0 Å². The van der Waals surface area contributed by atoms with E-state index < -0.39 is 0 Å². The SMILES string of the molecule is CCCCCCc1ccc(C(=O)N2CCC3(CC2)SCCN3C(=O)CCc2ccccc2)cc1. The Morgan fingerprint density at radius 1 is 0.853 bits per heavy atom. The van der Waals surface area contributed by atoms with Crippen molar-refractivity contribution in [1.82, 2.24) is 9.80 Å². The van der Waals surface area contributed by atoms with Gasteiger partial charge in [0.05, 0.1) is 4.87 Å². The molecule has 2 aromatic rings. The fraction of sp³-hybridized carbons (Fsp3) is 0.517. The molecule has 4 nitrogen and oxygen atoms in total. The van der Waals surface area contributed by atoms with Crippen molar-refractivity contribution in [3.05, 3.63) is 71.3 Å². The summed E-state index contributed by atoms with van der Waals surface area (Å²) in [5.41, 5.74) is 3.31. The fourth-order valence-corrected chi connectivity index (χ4v) is 6.69. The smallest absolute Gasteiger partial charge is 0.253 e. The number of carbonyl (C=O) groups excluding carboxylic acids is 2. The minimum absolute atomic E-state index is 0.123. The van der Waals surface area contributed by atoms with Crippen molar-refractivity contribution in [2.45, 2.75) is 69.6 Å². The molecule has 2 heterocycles. The number of benzene rings is 2. The maximum absolute atomic E-state index is 13.1. The molecule has 2 aliphatic heterocycles. The van der Waals surface area contributed by atoms with E-state index in [0.717, 1.165) is 43.5 Å². The second-order valence-electron chi connectivity index (χ2n) is 9.63. The number of amides is 2. The summed E-state index contributed by atoms with van der Waals surface area (Å²) in [6.45, 7) is 4.49. The Morgan fingerprint density at radius 3 is 2.26 bits per heavy atom. The van der Waals surface area contributed by atoms with E-state index in [1.807, 2.05) is 47.0 Å². The van der Waals surface area contributed by atoms with Crippen molar-refractivity contribution in [1.29, 1.82) is 0 Å². The standard InChI is InChI=1S/C29H38N2O2S/c1-2-3-4-6-11-25-12-15-26(16-13-25)28(33)30-20-18-29(19-21-30)31(22-23-34-29)27(32)17-14-24-9-7-5-8-10-24/h5,7-10,12-13,15-16H,2-4,6,11,14,17-23H2,1H3. The van der Waals surface area contributed by atoms with Crippen LogP contribution in [0.5, 0.6) is 0 Å². The molecule has 2 aromatic carbocycles. The highest BCUT2D eigenvalue weighted by atomic mass is 32.2. The van der Waals surface area contributed by atoms with E-state index in [2.05, 4.69) is 36.1 Å². The minimum atomic E-state index is -0.132. The highest BCUT2D eigenvalue weighted by Crippen LogP contribution is 2.44. The average molecular weight is 479 g/mol. The van der Waals surface area contributed by atoms with Crippen molar-refractivity contribution in [2.75, 3.05) is 25.4 Å². The number of rotatable bonds is 9. The topological polar surface area (TPSA) is 40.6 Å². The third kappa shape index (κ3) is 6.04. The van der Waals surface area contributed by atoms with Crippen LogP contribution in [0.2, 0.25) is 0 Å². The van der Waals surface area contributed by atoms with Crippen LogP contribution in [0, 0.1) is 0 Å². The van der Waals surface area contributed by atoms with Gasteiger partial charge in [-0.2, -0.15) is 0 Å². The average Bonchev–Trinajstić information content (AvgIpc) is 3.29. The summed E-state index contributed by atoms with van der Waals surface area (Å²) in [6, 6.07) is 18.5. The van der Waals surface area contributed by atoms with Crippen molar-refractivity contribution >= 4 is 23.6 Å². The van der Waals surface area contributed by atoms with Crippen molar-refractivity contribution in [3.8, 4) is 0 Å². The number of nitrogens with zero attached hydrogens (tertiary/aromatic N) is 2. The number of unbranched alkanes of at least 4 members (excludes halogenated alkanes) is 3. The maximum Gasteiger partial charge on any atom is 0.253 e. The van der Waals surface area contributed by atoms with Gasteiger partial charge in [-0.15, -0.1) is 11.8 Å². The molecule has 0 N–H and O–H groups in total. The molecule has 2 aliphatic rings. The number of piperidine rings is 1. The zero-order valence-corrected chi connectivity index (χ0v) is 21.3. The maximum atomic E-state index is 13.1. The molecule has 0 unspecified atom stereocenters. The molecule has 34 heavy (non-hydrogen) atoms. The molecular formula is C29H38N2O2S. The Bertz CT molecular complexity index is 936. The molecule has 0 aromatic heterocycles. The van der Waals surface area contributed by atoms with Crippen LogP contribution in [0.1, 0.15) is 73.4 Å². The van der Waals surface area contributed by atoms with Gasteiger partial charge >= 0.3 is 0 Å². The van der Waals surface area contributed by atoms with Gasteiger partial charge in [-0.3, -0.25) is 9.59 Å². The Kier molecular flexibility index (Phi) is 8.71. The van der Waals surface area contributed by atoms with Gasteiger partial charge in [0.25, 0.3) is 5.91 Å². The number of thioether (sulfide) groups is 1. The van der Waals surface area contributed by atoms with Gasteiger partial charge in [-0.1, -0.05) is 68.7 Å². The highest BCUT2D eigenvalue weighted by molar-refractivity contribution is 8.00. The van der Waals surface area contributed by atoms with Crippen molar-refractivity contribution < 1.29 is 9.59 Å². The van der Waals surface area contributed by atoms with Crippen molar-refractivity contribution in [2.24, 2.45) is 0 Å². The molecule has 2 saturated heterocycles. The molecule has 182 valence electrons. The first-order valence-corrected chi connectivity index (χ1v) is 14.0. The van der Waals surface area contributed by atoms with Gasteiger partial charge in [0, 0.05) is 37.4 Å². The molecule has 0 radical (unpaired) electrons. The highest BCUT2D eigenvalue weighted by Gasteiger charge is 2.46. The first-order chi connectivity index (χ1) is 16.6. The summed E-state index contributed by atoms with van der Waals surface area (Å²) in [4.78, 5) is 30.2. The van der Waals surface area contributed by atoms with Crippen molar-refractivity contribution in [3.63, 3.8) is 0 Å². The minimum Gasteiger partial charge on any atom is -0.338 e. The summed E-state index contributed by atoms with van der Waals surface area (Å²) in [6.07, 6.45) is 9.18. The van der Waals surface area contributed by atoms with Gasteiger partial charge < -0.3 is 9.80 Å². The molecule has 0 atom stereocenters. The van der Waals surface area contributed by atoms with Crippen LogP contribution in [-0.2, 0) is 17.6 Å². The number of hydrogen-bond donors (Lipinski definition) is 0. The zero-order valence-electron chi connectivity index (χ0n) is 20.5. The van der Waals surface area contributed by atoms with Crippen LogP contribution in [0.3, 0.4) is 0 Å². The summed E-state index contributed by atoms with van der Waals surface area (Å²) < 4.78 is 0. The van der Waals surface area contributed by atoms with Crippen LogP contribution in [-0.4, -0.2) is 51.9 Å². The Labute approximate surface area is 209 Å². The summed E-state index contributed by atoms with van der Waals surface area (Å²) in [7, 11) is 0. The summed E-state index contributed by atoms with van der Waals surface area (Å²) >= 11 is 1.91. The Hall–Kier alpha value is -2.27. The van der Waals surface area contributed by atoms with Crippen LogP contribution >= 0.6 is 11.8 Å². The lowest BCUT2D eigenvalue weighted by atomic mass is 9.99. The molecule has 0 aliphatic carbocycles. The first kappa shape index (κ1) is 24.8. The van der Waals surface area contributed by atoms with E-state index in [4.69, 9.17) is 0 Å². The molecule has 4 rings (SSSR count). The third-order valence-electron chi connectivity index (χ3n) is 7.30. The Balaban J connectivity index is 1.29. The van der Waals surface area contributed by atoms with E-state index in [9.17, 15) is 9.59 Å². The second-order valence-corrected chi connectivity index (χ2v) is 11.1. The predicted octanol–water partition coefficient (Wildman–Crippen LogP) is 5.95. The monoisotopic (exact) mass is 478 g/mol. The number of hydrogen-bond acceptors (Lipinski definition) is 3. The van der Waals surface area contributed by atoms with Gasteiger partial charge in [-0.05, 0) is 55.4 Å². The molecule has 1 spiro atoms. The molecule has 0 saturated carbocycles. The predicted molar refractivity (Wildman–Crippen MR) is 141 cm³/mol. The molecule has 0 bridgehead atoms. The normalized spacial score (nSPS) is 17.3. The van der Waals surface area contributed by atoms with E-state index in [1.54, 1.807) is 0 Å². The van der Waals surface area contributed by atoms with Gasteiger partial charge in [0.1, 0.15) is 0 Å². The lowest BCUT2D eigenvalue weighted by Gasteiger charge is -2.44. The molecule has 2 fully saturated rings. The molecule has 2 amide bonds. The Morgan fingerprint density at radius 2 is 1.56 bits per heavy atom. The molecular weight excluding hydrogens is 440 g/mol. The summed E-state index contributed by atoms with van der Waals surface area (Å²) in [5, 5.41) is 0. The van der Waals surface area contributed by atoms with E-state index in [0.29, 0.717) is 19.5 Å². The van der Waals surface area contributed by atoms with Gasteiger partial charge in [-0.25, -0.2) is 0 Å². The van der Waals surface area contributed by atoms with E-state index >= 15 is 0 Å². The lowest BCUT2D eigenvalue weighted by molar-refractivity contribution is -0.134. The second kappa shape index (κ2) is 11.9. The molecule has 5 heteroatoms. The van der Waals surface area contributed by atoms with Crippen LogP contribution in [0.15, 0.2) is 54.6 Å². The van der Waals surface area contributed by atoms with Crippen LogP contribution in [0.4, 0.5) is 0 Å². The van der Waals surface area contributed by atoms with E-state index in [-0.39, 0.29) is 16.7 Å². The van der Waals surface area contributed by atoms with Crippen LogP contribution in [0.25, 0.3) is 0 Å². The third-order valence-corrected chi connectivity index (χ3v) is 8.85. The number of likely N-dealkylation sites (tertiary alicyclic amines) is 1.